The zero-order chi connectivity index (χ0) is 29.8. The van der Waals surface area contributed by atoms with Crippen LogP contribution in [0.25, 0.3) is 6.08 Å². The molecular weight excluding hydrogens is 528 g/mol. The van der Waals surface area contributed by atoms with Crippen molar-refractivity contribution in [3.05, 3.63) is 35.4 Å². The number of ether oxygens (including phenoxy) is 8. The molecule has 3 aliphatic rings. The normalized spacial score (nSPS) is 30.4. The summed E-state index contributed by atoms with van der Waals surface area (Å²) >= 11 is 0. The van der Waals surface area contributed by atoms with Crippen LogP contribution in [-0.2, 0) is 28.5 Å². The molecule has 0 bridgehead atoms. The Morgan fingerprint density at radius 2 is 1.80 bits per heavy atom. The smallest absolute Gasteiger partial charge is 0.331 e. The lowest BCUT2D eigenvalue weighted by atomic mass is 9.68. The Kier molecular flexibility index (Phi) is 10.1. The van der Waals surface area contributed by atoms with Crippen LogP contribution in [0, 0.1) is 5.92 Å². The third-order valence-corrected chi connectivity index (χ3v) is 8.18. The fourth-order valence-electron chi connectivity index (χ4n) is 5.99. The van der Waals surface area contributed by atoms with Crippen molar-refractivity contribution in [1.82, 2.24) is 0 Å². The van der Waals surface area contributed by atoms with Crippen LogP contribution in [0.5, 0.6) is 17.2 Å². The maximum absolute atomic E-state index is 13.0. The molecule has 0 N–H and O–H groups in total. The number of rotatable bonds is 14. The summed E-state index contributed by atoms with van der Waals surface area (Å²) in [7, 11) is 4.79. The summed E-state index contributed by atoms with van der Waals surface area (Å²) in [5.41, 5.74) is 1.31. The fourth-order valence-corrected chi connectivity index (χ4v) is 5.99. The number of methoxy groups -OCH3 is 3. The van der Waals surface area contributed by atoms with E-state index in [-0.39, 0.29) is 35.4 Å². The van der Waals surface area contributed by atoms with E-state index in [0.717, 1.165) is 12.8 Å². The van der Waals surface area contributed by atoms with Gasteiger partial charge in [0.1, 0.15) is 30.0 Å². The molecule has 1 aromatic rings. The Morgan fingerprint density at radius 1 is 1.12 bits per heavy atom. The van der Waals surface area contributed by atoms with Crippen LogP contribution < -0.4 is 14.2 Å². The number of esters is 1. The van der Waals surface area contributed by atoms with Crippen molar-refractivity contribution >= 4 is 12.0 Å². The van der Waals surface area contributed by atoms with Crippen molar-refractivity contribution in [3.63, 3.8) is 0 Å². The third-order valence-electron chi connectivity index (χ3n) is 8.18. The molecule has 2 saturated heterocycles. The summed E-state index contributed by atoms with van der Waals surface area (Å²) < 4.78 is 46.7. The molecule has 0 amide bonds. The predicted molar refractivity (Wildman–Crippen MR) is 155 cm³/mol. The number of allylic oxidation sites excluding steroid dienone is 1. The molecule has 1 spiro atoms. The highest BCUT2D eigenvalue weighted by molar-refractivity contribution is 5.87. The van der Waals surface area contributed by atoms with Gasteiger partial charge in [-0.15, -0.1) is 0 Å². The molecule has 2 unspecified atom stereocenters. The Labute approximate surface area is 244 Å². The van der Waals surface area contributed by atoms with Gasteiger partial charge >= 0.3 is 5.97 Å². The minimum atomic E-state index is -0.449. The molecule has 6 atom stereocenters. The van der Waals surface area contributed by atoms with E-state index in [9.17, 15) is 4.79 Å². The Hall–Kier alpha value is -2.59. The molecular formula is C32H46O9. The molecule has 1 aliphatic carbocycles. The summed E-state index contributed by atoms with van der Waals surface area (Å²) in [6.45, 7) is 11.7. The second-order valence-electron chi connectivity index (χ2n) is 11.7. The number of hydrogen-bond acceptors (Lipinski definition) is 9. The van der Waals surface area contributed by atoms with Gasteiger partial charge in [0.05, 0.1) is 45.6 Å². The summed E-state index contributed by atoms with van der Waals surface area (Å²) in [6.07, 6.45) is 7.07. The molecule has 9 heteroatoms. The average molecular weight is 575 g/mol. The lowest BCUT2D eigenvalue weighted by Gasteiger charge is -2.42. The summed E-state index contributed by atoms with van der Waals surface area (Å²) in [6, 6.07) is 3.57. The van der Waals surface area contributed by atoms with Crippen molar-refractivity contribution in [2.24, 2.45) is 5.92 Å². The molecule has 2 heterocycles. The van der Waals surface area contributed by atoms with Gasteiger partial charge in [0.25, 0.3) is 0 Å². The molecule has 9 nitrogen and oxygen atoms in total. The number of carbonyl (C=O) groups excluding carboxylic acids is 1. The van der Waals surface area contributed by atoms with Crippen LogP contribution in [0.2, 0.25) is 0 Å². The monoisotopic (exact) mass is 574 g/mol. The zero-order valence-corrected chi connectivity index (χ0v) is 25.7. The second-order valence-corrected chi connectivity index (χ2v) is 11.7. The molecule has 228 valence electrons. The molecule has 4 rings (SSSR count). The van der Waals surface area contributed by atoms with E-state index in [4.69, 9.17) is 37.9 Å². The van der Waals surface area contributed by atoms with E-state index < -0.39 is 12.1 Å². The minimum Gasteiger partial charge on any atom is -0.493 e. The van der Waals surface area contributed by atoms with Gasteiger partial charge < -0.3 is 37.9 Å². The van der Waals surface area contributed by atoms with Gasteiger partial charge in [0, 0.05) is 13.2 Å². The average Bonchev–Trinajstić information content (AvgIpc) is 3.86. The maximum Gasteiger partial charge on any atom is 0.331 e. The molecule has 2 aliphatic heterocycles. The molecule has 0 aromatic heterocycles. The number of benzene rings is 1. The first kappa shape index (κ1) is 31.3. The Morgan fingerprint density at radius 3 is 2.37 bits per heavy atom. The quantitative estimate of drug-likeness (QED) is 0.0983. The Balaban J connectivity index is 1.43. The van der Waals surface area contributed by atoms with E-state index >= 15 is 0 Å². The van der Waals surface area contributed by atoms with Crippen LogP contribution in [0.3, 0.4) is 0 Å². The van der Waals surface area contributed by atoms with Crippen LogP contribution in [0.4, 0.5) is 0 Å². The predicted octanol–water partition coefficient (Wildman–Crippen LogP) is 5.14. The first-order chi connectivity index (χ1) is 19.6. The summed E-state index contributed by atoms with van der Waals surface area (Å²) in [5, 5.41) is 0. The largest absolute Gasteiger partial charge is 0.493 e. The number of hydrogen-bond donors (Lipinski definition) is 0. The highest BCUT2D eigenvalue weighted by atomic mass is 16.6. The van der Waals surface area contributed by atoms with Gasteiger partial charge in [0.2, 0.25) is 5.75 Å². The van der Waals surface area contributed by atoms with Gasteiger partial charge in [-0.3, -0.25) is 0 Å². The fraction of sp³-hybridized carbons (Fsp3) is 0.656. The molecule has 41 heavy (non-hydrogen) atoms. The van der Waals surface area contributed by atoms with Gasteiger partial charge in [-0.1, -0.05) is 11.6 Å². The molecule has 1 aromatic carbocycles. The SMILES string of the molecule is COc1cc(/C=C/C(=O)O[C@@H]2CC[C@]3(CO3)C(C3(C)O[C@H]3CC=C(C)C)[C@@H]2OC)cc(OC)c1OCCOC(C)C. The van der Waals surface area contributed by atoms with Crippen LogP contribution in [0.15, 0.2) is 29.9 Å². The first-order valence-electron chi connectivity index (χ1n) is 14.4. The van der Waals surface area contributed by atoms with Crippen LogP contribution in [0.1, 0.15) is 59.4 Å². The summed E-state index contributed by atoms with van der Waals surface area (Å²) in [5.74, 6) is 0.986. The van der Waals surface area contributed by atoms with Gasteiger partial charge in [-0.05, 0) is 77.7 Å². The second kappa shape index (κ2) is 13.2. The zero-order valence-electron chi connectivity index (χ0n) is 25.7. The molecule has 3 fully saturated rings. The topological polar surface area (TPSA) is 97.5 Å². The van der Waals surface area contributed by atoms with Crippen molar-refractivity contribution in [2.75, 3.05) is 41.2 Å². The lowest BCUT2D eigenvalue weighted by Crippen LogP contribution is -2.55. The van der Waals surface area contributed by atoms with Gasteiger partial charge in [-0.25, -0.2) is 4.79 Å². The highest BCUT2D eigenvalue weighted by Gasteiger charge is 2.72. The third kappa shape index (κ3) is 7.25. The van der Waals surface area contributed by atoms with Crippen LogP contribution in [-0.4, -0.2) is 82.7 Å². The van der Waals surface area contributed by atoms with E-state index in [1.807, 2.05) is 13.8 Å². The summed E-state index contributed by atoms with van der Waals surface area (Å²) in [4.78, 5) is 13.0. The first-order valence-corrected chi connectivity index (χ1v) is 14.4. The standard InChI is InChI=1S/C32H46O9/c1-20(2)9-11-26-31(5,41-26)30-29(36-8)23(13-14-32(30)19-39-32)40-27(33)12-10-22-17-24(34-6)28(25(18-22)35-7)38-16-15-37-21(3)4/h9-10,12,17-18,21,23,26,29-30H,11,13-16,19H2,1-8H3/b12-10+/t23-,26+,29-,30?,31?,32+/m1/s1. The lowest BCUT2D eigenvalue weighted by molar-refractivity contribution is -0.166. The van der Waals surface area contributed by atoms with Crippen LogP contribution >= 0.6 is 0 Å². The van der Waals surface area contributed by atoms with Crippen molar-refractivity contribution in [3.8, 4) is 17.2 Å². The molecule has 0 radical (unpaired) electrons. The van der Waals surface area contributed by atoms with Gasteiger partial charge in [0.15, 0.2) is 11.5 Å². The van der Waals surface area contributed by atoms with E-state index in [1.165, 1.54) is 11.6 Å². The maximum atomic E-state index is 13.0. The van der Waals surface area contributed by atoms with E-state index in [0.29, 0.717) is 49.1 Å². The van der Waals surface area contributed by atoms with E-state index in [2.05, 4.69) is 26.8 Å². The van der Waals surface area contributed by atoms with E-state index in [1.54, 1.807) is 39.5 Å². The van der Waals surface area contributed by atoms with Crippen molar-refractivity contribution in [2.45, 2.75) is 89.5 Å². The number of carbonyl (C=O) groups is 1. The minimum absolute atomic E-state index is 0.0295. The highest BCUT2D eigenvalue weighted by Crippen LogP contribution is 2.59. The Bertz CT molecular complexity index is 1090. The van der Waals surface area contributed by atoms with Crippen molar-refractivity contribution < 1.29 is 42.7 Å². The number of epoxide rings is 2. The van der Waals surface area contributed by atoms with Gasteiger partial charge in [-0.2, -0.15) is 0 Å². The molecule has 1 saturated carbocycles. The van der Waals surface area contributed by atoms with Crippen molar-refractivity contribution in [1.29, 1.82) is 0 Å².